The molecular formula is C28H21F2N7O2. The molecule has 0 unspecified atom stereocenters. The Kier molecular flexibility index (Phi) is 5.75. The molecule has 1 atom stereocenters. The Morgan fingerprint density at radius 2 is 1.69 bits per heavy atom. The summed E-state index contributed by atoms with van der Waals surface area (Å²) in [6.07, 6.45) is 1.26. The molecule has 3 aromatic heterocycles. The number of nitrogens with two attached hydrogens (primary N) is 1. The third kappa shape index (κ3) is 3.78. The second-order valence-corrected chi connectivity index (χ2v) is 8.83. The molecule has 9 nitrogen and oxygen atoms in total. The lowest BCUT2D eigenvalue weighted by molar-refractivity contribution is 0.372. The molecule has 0 aliphatic heterocycles. The van der Waals surface area contributed by atoms with Crippen LogP contribution in [-0.2, 0) is 0 Å². The van der Waals surface area contributed by atoms with Crippen LogP contribution in [0.3, 0.4) is 0 Å². The van der Waals surface area contributed by atoms with Gasteiger partial charge < -0.3 is 10.5 Å². The average Bonchev–Trinajstić information content (AvgIpc) is 3.35. The van der Waals surface area contributed by atoms with Crippen LogP contribution in [0.4, 0.5) is 14.6 Å². The molecule has 6 rings (SSSR count). The minimum absolute atomic E-state index is 0.0380. The van der Waals surface area contributed by atoms with Gasteiger partial charge in [0.1, 0.15) is 29.7 Å². The Bertz CT molecular complexity index is 1940. The van der Waals surface area contributed by atoms with Crippen molar-refractivity contribution in [1.29, 1.82) is 0 Å². The van der Waals surface area contributed by atoms with Crippen LogP contribution in [0.25, 0.3) is 38.9 Å². The molecule has 194 valence electrons. The molecule has 0 saturated carbocycles. The van der Waals surface area contributed by atoms with Crippen molar-refractivity contribution in [3.8, 4) is 22.7 Å². The van der Waals surface area contributed by atoms with Crippen molar-refractivity contribution < 1.29 is 13.5 Å². The predicted molar refractivity (Wildman–Crippen MR) is 143 cm³/mol. The highest BCUT2D eigenvalue weighted by atomic mass is 19.2. The lowest BCUT2D eigenvalue weighted by Crippen LogP contribution is -2.27. The molecule has 3 aromatic carbocycles. The molecule has 0 aliphatic carbocycles. The number of methoxy groups -OCH3 is 1. The van der Waals surface area contributed by atoms with E-state index in [1.54, 1.807) is 43.3 Å². The first-order chi connectivity index (χ1) is 18.9. The van der Waals surface area contributed by atoms with Crippen molar-refractivity contribution >= 4 is 27.8 Å². The topological polar surface area (TPSA) is 114 Å². The molecule has 0 fully saturated rings. The molecular weight excluding hydrogens is 504 g/mol. The number of ether oxygens (including phenoxy) is 1. The number of rotatable bonds is 5. The van der Waals surface area contributed by atoms with Crippen LogP contribution in [-0.4, -0.2) is 36.4 Å². The molecule has 0 radical (unpaired) electrons. The van der Waals surface area contributed by atoms with Crippen molar-refractivity contribution in [1.82, 2.24) is 29.3 Å². The zero-order valence-electron chi connectivity index (χ0n) is 20.8. The summed E-state index contributed by atoms with van der Waals surface area (Å²) in [5.74, 6) is -2.16. The first-order valence-electron chi connectivity index (χ1n) is 12.0. The van der Waals surface area contributed by atoms with Gasteiger partial charge in [0, 0.05) is 5.56 Å². The number of hydrogen-bond donors (Lipinski definition) is 1. The van der Waals surface area contributed by atoms with E-state index in [1.165, 1.54) is 34.8 Å². The number of nitrogens with zero attached hydrogens (tertiary/aromatic N) is 6. The summed E-state index contributed by atoms with van der Waals surface area (Å²) in [4.78, 5) is 27.0. The van der Waals surface area contributed by atoms with Gasteiger partial charge in [0.15, 0.2) is 17.2 Å². The van der Waals surface area contributed by atoms with Gasteiger partial charge in [0.25, 0.3) is 5.56 Å². The molecule has 0 amide bonds. The third-order valence-electron chi connectivity index (χ3n) is 6.60. The average molecular weight is 526 g/mol. The zero-order chi connectivity index (χ0) is 27.3. The van der Waals surface area contributed by atoms with Crippen LogP contribution in [0, 0.1) is 11.6 Å². The largest absolute Gasteiger partial charge is 0.494 e. The highest BCUT2D eigenvalue weighted by molar-refractivity contribution is 5.98. The van der Waals surface area contributed by atoms with E-state index in [1.807, 2.05) is 18.2 Å². The summed E-state index contributed by atoms with van der Waals surface area (Å²) in [6, 6.07) is 18.1. The zero-order valence-corrected chi connectivity index (χ0v) is 20.8. The maximum atomic E-state index is 15.2. The summed E-state index contributed by atoms with van der Waals surface area (Å²) in [5.41, 5.74) is 7.22. The highest BCUT2D eigenvalue weighted by Gasteiger charge is 2.27. The number of benzene rings is 3. The van der Waals surface area contributed by atoms with Crippen LogP contribution in [0.15, 0.2) is 77.9 Å². The number of nitrogen functional groups attached to an aromatic ring is 1. The monoisotopic (exact) mass is 525 g/mol. The first kappa shape index (κ1) is 24.2. The summed E-state index contributed by atoms with van der Waals surface area (Å²) in [5, 5.41) is 5.32. The maximum Gasteiger partial charge on any atom is 0.266 e. The van der Waals surface area contributed by atoms with Crippen molar-refractivity contribution in [3.05, 3.63) is 101 Å². The number of anilines is 1. The highest BCUT2D eigenvalue weighted by Crippen LogP contribution is 2.36. The van der Waals surface area contributed by atoms with Crippen molar-refractivity contribution in [3.63, 3.8) is 0 Å². The number of para-hydroxylation sites is 2. The third-order valence-corrected chi connectivity index (χ3v) is 6.60. The van der Waals surface area contributed by atoms with E-state index in [-0.39, 0.29) is 39.4 Å². The molecule has 0 aliphatic rings. The summed E-state index contributed by atoms with van der Waals surface area (Å²) >= 11 is 0. The molecule has 39 heavy (non-hydrogen) atoms. The lowest BCUT2D eigenvalue weighted by Gasteiger charge is -2.19. The second-order valence-electron chi connectivity index (χ2n) is 8.83. The van der Waals surface area contributed by atoms with Crippen LogP contribution in [0.2, 0.25) is 0 Å². The number of halogens is 2. The van der Waals surface area contributed by atoms with E-state index >= 15 is 4.39 Å². The van der Waals surface area contributed by atoms with Gasteiger partial charge in [0.05, 0.1) is 29.1 Å². The van der Waals surface area contributed by atoms with Crippen LogP contribution >= 0.6 is 0 Å². The minimum Gasteiger partial charge on any atom is -0.494 e. The van der Waals surface area contributed by atoms with Gasteiger partial charge in [-0.1, -0.05) is 30.3 Å². The van der Waals surface area contributed by atoms with Gasteiger partial charge in [-0.3, -0.25) is 9.36 Å². The molecule has 11 heteroatoms. The number of fused-ring (bicyclic) bond motifs is 2. The Balaban J connectivity index is 1.64. The van der Waals surface area contributed by atoms with Gasteiger partial charge in [0.2, 0.25) is 5.82 Å². The summed E-state index contributed by atoms with van der Waals surface area (Å²) in [6.45, 7) is 1.79. The van der Waals surface area contributed by atoms with Gasteiger partial charge in [-0.15, -0.1) is 0 Å². The number of hydrogen-bond acceptors (Lipinski definition) is 7. The van der Waals surface area contributed by atoms with E-state index in [0.717, 1.165) is 0 Å². The van der Waals surface area contributed by atoms with E-state index < -0.39 is 17.7 Å². The van der Waals surface area contributed by atoms with Crippen LogP contribution in [0.5, 0.6) is 5.75 Å². The summed E-state index contributed by atoms with van der Waals surface area (Å²) < 4.78 is 37.8. The molecule has 0 saturated heterocycles. The molecule has 0 spiro atoms. The van der Waals surface area contributed by atoms with Crippen LogP contribution < -0.4 is 16.0 Å². The standard InChI is InChI=1S/C28H21F2N7O2/c1-15(26-34-19-11-7-6-10-17(19)28(38)36(26)16-8-4-3-5-9-16)37-27-21(25(31)32-14-33-27)24(35-37)18-12-13-20(39-2)23(30)22(18)29/h3-15H,1-2H3,(H2,31,32,33)/t15-/m1/s1. The quantitative estimate of drug-likeness (QED) is 0.348. The van der Waals surface area contributed by atoms with E-state index in [0.29, 0.717) is 22.4 Å². The van der Waals surface area contributed by atoms with Gasteiger partial charge in [-0.05, 0) is 43.3 Å². The second kappa shape index (κ2) is 9.28. The van der Waals surface area contributed by atoms with Crippen molar-refractivity contribution in [2.45, 2.75) is 13.0 Å². The Morgan fingerprint density at radius 3 is 2.46 bits per heavy atom. The van der Waals surface area contributed by atoms with Gasteiger partial charge in [-0.25, -0.2) is 24.0 Å². The van der Waals surface area contributed by atoms with Crippen molar-refractivity contribution in [2.24, 2.45) is 0 Å². The first-order valence-corrected chi connectivity index (χ1v) is 12.0. The van der Waals surface area contributed by atoms with E-state index in [9.17, 15) is 9.18 Å². The molecule has 6 aromatic rings. The van der Waals surface area contributed by atoms with Crippen LogP contribution in [0.1, 0.15) is 18.8 Å². The Labute approximate surface area is 220 Å². The summed E-state index contributed by atoms with van der Waals surface area (Å²) in [7, 11) is 1.25. The Morgan fingerprint density at radius 1 is 0.949 bits per heavy atom. The minimum atomic E-state index is -1.16. The fourth-order valence-electron chi connectivity index (χ4n) is 4.69. The fraction of sp³-hybridized carbons (Fsp3) is 0.107. The maximum absolute atomic E-state index is 15.2. The van der Waals surface area contributed by atoms with E-state index in [4.69, 9.17) is 15.5 Å². The fourth-order valence-corrected chi connectivity index (χ4v) is 4.69. The Hall–Kier alpha value is -5.19. The smallest absolute Gasteiger partial charge is 0.266 e. The lowest BCUT2D eigenvalue weighted by atomic mass is 10.1. The predicted octanol–water partition coefficient (Wildman–Crippen LogP) is 4.67. The van der Waals surface area contributed by atoms with Gasteiger partial charge >= 0.3 is 0 Å². The van der Waals surface area contributed by atoms with Gasteiger partial charge in [-0.2, -0.15) is 9.49 Å². The normalized spacial score (nSPS) is 12.2. The molecule has 0 bridgehead atoms. The van der Waals surface area contributed by atoms with E-state index in [2.05, 4.69) is 15.1 Å². The number of aromatic nitrogens is 6. The van der Waals surface area contributed by atoms with Crippen molar-refractivity contribution in [2.75, 3.05) is 12.8 Å². The SMILES string of the molecule is COc1ccc(-c2nn([C@H](C)c3nc4ccccc4c(=O)n3-c3ccccc3)c3ncnc(N)c23)c(F)c1F. The molecule has 3 heterocycles. The molecule has 2 N–H and O–H groups in total.